The number of nitrogens with zero attached hydrogens (tertiary/aromatic N) is 1. The molecule has 1 aromatic carbocycles. The SMILES string of the molecule is COCC(NS(=O)(=O)c1ccc(OC)c(Cl)c1)c1ccccn1. The lowest BCUT2D eigenvalue weighted by molar-refractivity contribution is 0.174. The molecule has 8 heteroatoms. The Balaban J connectivity index is 2.29. The van der Waals surface area contributed by atoms with Crippen LogP contribution in [0.4, 0.5) is 0 Å². The van der Waals surface area contributed by atoms with Crippen LogP contribution in [-0.2, 0) is 14.8 Å². The zero-order valence-electron chi connectivity index (χ0n) is 12.7. The highest BCUT2D eigenvalue weighted by Gasteiger charge is 2.23. The minimum atomic E-state index is -3.79. The van der Waals surface area contributed by atoms with Crippen LogP contribution >= 0.6 is 11.6 Å². The lowest BCUT2D eigenvalue weighted by atomic mass is 10.2. The van der Waals surface area contributed by atoms with Crippen molar-refractivity contribution < 1.29 is 17.9 Å². The van der Waals surface area contributed by atoms with E-state index in [4.69, 9.17) is 21.1 Å². The Kier molecular flexibility index (Phi) is 5.95. The van der Waals surface area contributed by atoms with Gasteiger partial charge in [-0.2, -0.15) is 4.72 Å². The molecule has 6 nitrogen and oxygen atoms in total. The Bertz CT molecular complexity index is 753. The van der Waals surface area contributed by atoms with Gasteiger partial charge in [-0.25, -0.2) is 8.42 Å². The Morgan fingerprint density at radius 1 is 1.26 bits per heavy atom. The molecule has 0 aliphatic carbocycles. The van der Waals surface area contributed by atoms with Crippen molar-refractivity contribution in [3.63, 3.8) is 0 Å². The van der Waals surface area contributed by atoms with Crippen molar-refractivity contribution in [2.24, 2.45) is 0 Å². The van der Waals surface area contributed by atoms with E-state index < -0.39 is 16.1 Å². The number of rotatable bonds is 7. The van der Waals surface area contributed by atoms with Crippen molar-refractivity contribution in [2.45, 2.75) is 10.9 Å². The van der Waals surface area contributed by atoms with Crippen LogP contribution in [0.1, 0.15) is 11.7 Å². The monoisotopic (exact) mass is 356 g/mol. The largest absolute Gasteiger partial charge is 0.495 e. The molecule has 0 saturated carbocycles. The van der Waals surface area contributed by atoms with Gasteiger partial charge in [0.2, 0.25) is 10.0 Å². The topological polar surface area (TPSA) is 77.5 Å². The van der Waals surface area contributed by atoms with E-state index in [0.29, 0.717) is 11.4 Å². The molecule has 1 heterocycles. The first-order valence-electron chi connectivity index (χ1n) is 6.73. The molecule has 0 bridgehead atoms. The summed E-state index contributed by atoms with van der Waals surface area (Å²) in [6.45, 7) is 0.153. The van der Waals surface area contributed by atoms with Crippen LogP contribution < -0.4 is 9.46 Å². The summed E-state index contributed by atoms with van der Waals surface area (Å²) in [6.07, 6.45) is 1.59. The van der Waals surface area contributed by atoms with Gasteiger partial charge in [0.25, 0.3) is 0 Å². The predicted octanol–water partition coefficient (Wildman–Crippen LogP) is 2.41. The van der Waals surface area contributed by atoms with Gasteiger partial charge in [-0.3, -0.25) is 4.98 Å². The molecule has 0 radical (unpaired) electrons. The number of sulfonamides is 1. The summed E-state index contributed by atoms with van der Waals surface area (Å²) in [5.41, 5.74) is 0.567. The minimum Gasteiger partial charge on any atom is -0.495 e. The van der Waals surface area contributed by atoms with Gasteiger partial charge in [0.15, 0.2) is 0 Å². The van der Waals surface area contributed by atoms with Crippen LogP contribution in [0.5, 0.6) is 5.75 Å². The molecule has 1 unspecified atom stereocenters. The molecule has 1 N–H and O–H groups in total. The molecule has 1 atom stereocenters. The average Bonchev–Trinajstić information content (AvgIpc) is 2.55. The van der Waals surface area contributed by atoms with Crippen LogP contribution in [0.15, 0.2) is 47.5 Å². The summed E-state index contributed by atoms with van der Waals surface area (Å²) in [5.74, 6) is 0.406. The average molecular weight is 357 g/mol. The van der Waals surface area contributed by atoms with Gasteiger partial charge in [-0.1, -0.05) is 17.7 Å². The highest BCUT2D eigenvalue weighted by molar-refractivity contribution is 7.89. The highest BCUT2D eigenvalue weighted by atomic mass is 35.5. The number of nitrogens with one attached hydrogen (secondary N) is 1. The molecule has 0 aliphatic rings. The maximum atomic E-state index is 12.5. The minimum absolute atomic E-state index is 0.0420. The van der Waals surface area contributed by atoms with E-state index >= 15 is 0 Å². The number of aromatic nitrogens is 1. The molecule has 0 amide bonds. The maximum Gasteiger partial charge on any atom is 0.241 e. The van der Waals surface area contributed by atoms with E-state index in [1.807, 2.05) is 0 Å². The molecule has 0 spiro atoms. The predicted molar refractivity (Wildman–Crippen MR) is 87.2 cm³/mol. The van der Waals surface area contributed by atoms with Crippen LogP contribution in [0, 0.1) is 0 Å². The van der Waals surface area contributed by atoms with Gasteiger partial charge >= 0.3 is 0 Å². The summed E-state index contributed by atoms with van der Waals surface area (Å²) in [5, 5.41) is 0.219. The Morgan fingerprint density at radius 2 is 2.04 bits per heavy atom. The molecular weight excluding hydrogens is 340 g/mol. The summed E-state index contributed by atoms with van der Waals surface area (Å²) >= 11 is 6.00. The molecule has 2 aromatic rings. The molecule has 0 aliphatic heterocycles. The zero-order valence-corrected chi connectivity index (χ0v) is 14.3. The summed E-state index contributed by atoms with van der Waals surface area (Å²) in [4.78, 5) is 4.21. The molecule has 23 heavy (non-hydrogen) atoms. The van der Waals surface area contributed by atoms with E-state index in [1.54, 1.807) is 24.4 Å². The van der Waals surface area contributed by atoms with Gasteiger partial charge in [-0.05, 0) is 30.3 Å². The molecule has 2 rings (SSSR count). The second-order valence-electron chi connectivity index (χ2n) is 4.68. The molecule has 0 saturated heterocycles. The van der Waals surface area contributed by atoms with E-state index in [0.717, 1.165) is 0 Å². The van der Waals surface area contributed by atoms with Crippen molar-refractivity contribution in [3.05, 3.63) is 53.3 Å². The summed E-state index contributed by atoms with van der Waals surface area (Å²) < 4.78 is 37.8. The van der Waals surface area contributed by atoms with Crippen LogP contribution in [-0.4, -0.2) is 34.2 Å². The molecular formula is C15H17ClN2O4S. The first-order valence-corrected chi connectivity index (χ1v) is 8.60. The number of hydrogen-bond donors (Lipinski definition) is 1. The van der Waals surface area contributed by atoms with Gasteiger partial charge in [0, 0.05) is 13.3 Å². The second-order valence-corrected chi connectivity index (χ2v) is 6.80. The van der Waals surface area contributed by atoms with E-state index in [-0.39, 0.29) is 16.5 Å². The van der Waals surface area contributed by atoms with Crippen molar-refractivity contribution >= 4 is 21.6 Å². The van der Waals surface area contributed by atoms with E-state index in [9.17, 15) is 8.42 Å². The molecule has 1 aromatic heterocycles. The third-order valence-corrected chi connectivity index (χ3v) is 4.87. The smallest absolute Gasteiger partial charge is 0.241 e. The highest BCUT2D eigenvalue weighted by Crippen LogP contribution is 2.27. The fourth-order valence-corrected chi connectivity index (χ4v) is 3.54. The number of halogens is 1. The second kappa shape index (κ2) is 7.74. The van der Waals surface area contributed by atoms with Gasteiger partial charge < -0.3 is 9.47 Å². The number of methoxy groups -OCH3 is 2. The van der Waals surface area contributed by atoms with E-state index in [1.165, 1.54) is 32.4 Å². The lowest BCUT2D eigenvalue weighted by Gasteiger charge is -2.18. The van der Waals surface area contributed by atoms with Gasteiger partial charge in [0.05, 0.1) is 35.4 Å². The quantitative estimate of drug-likeness (QED) is 0.824. The summed E-state index contributed by atoms with van der Waals surface area (Å²) in [7, 11) is -0.831. The number of ether oxygens (including phenoxy) is 2. The Labute approximate surface area is 140 Å². The standard InChI is InChI=1S/C15H17ClN2O4S/c1-21-10-14(13-5-3-4-8-17-13)18-23(19,20)11-6-7-15(22-2)12(16)9-11/h3-9,14,18H,10H2,1-2H3. The van der Waals surface area contributed by atoms with Gasteiger partial charge in [0.1, 0.15) is 5.75 Å². The first-order chi connectivity index (χ1) is 11.0. The van der Waals surface area contributed by atoms with Crippen LogP contribution in [0.3, 0.4) is 0 Å². The van der Waals surface area contributed by atoms with E-state index in [2.05, 4.69) is 9.71 Å². The molecule has 0 fully saturated rings. The zero-order chi connectivity index (χ0) is 16.9. The maximum absolute atomic E-state index is 12.5. The summed E-state index contributed by atoms with van der Waals surface area (Å²) in [6, 6.07) is 8.93. The fourth-order valence-electron chi connectivity index (χ4n) is 2.00. The lowest BCUT2D eigenvalue weighted by Crippen LogP contribution is -2.32. The molecule has 124 valence electrons. The van der Waals surface area contributed by atoms with Gasteiger partial charge in [-0.15, -0.1) is 0 Å². The third kappa shape index (κ3) is 4.42. The Hall–Kier alpha value is -1.67. The number of pyridine rings is 1. The number of hydrogen-bond acceptors (Lipinski definition) is 5. The number of benzene rings is 1. The third-order valence-electron chi connectivity index (χ3n) is 3.11. The van der Waals surface area contributed by atoms with Crippen LogP contribution in [0.25, 0.3) is 0 Å². The Morgan fingerprint density at radius 3 is 2.61 bits per heavy atom. The van der Waals surface area contributed by atoms with Crippen molar-refractivity contribution in [1.82, 2.24) is 9.71 Å². The first kappa shape index (κ1) is 17.7. The van der Waals surface area contributed by atoms with Crippen molar-refractivity contribution in [1.29, 1.82) is 0 Å². The van der Waals surface area contributed by atoms with Crippen molar-refractivity contribution in [3.8, 4) is 5.75 Å². The normalized spacial score (nSPS) is 12.8. The van der Waals surface area contributed by atoms with Crippen molar-refractivity contribution in [2.75, 3.05) is 20.8 Å². The fraction of sp³-hybridized carbons (Fsp3) is 0.267. The van der Waals surface area contributed by atoms with Crippen LogP contribution in [0.2, 0.25) is 5.02 Å².